The molecule has 1 aromatic heterocycles. The number of carbonyl (C=O) groups excluding carboxylic acids is 1. The molecule has 1 saturated heterocycles. The molecule has 1 aliphatic heterocycles. The van der Waals surface area contributed by atoms with Crippen LogP contribution in [0.2, 0.25) is 0 Å². The molecule has 34 heavy (non-hydrogen) atoms. The van der Waals surface area contributed by atoms with Crippen molar-refractivity contribution in [3.05, 3.63) is 53.9 Å². The van der Waals surface area contributed by atoms with E-state index in [1.54, 1.807) is 43.3 Å². The predicted molar refractivity (Wildman–Crippen MR) is 130 cm³/mol. The van der Waals surface area contributed by atoms with Crippen LogP contribution in [0.25, 0.3) is 11.0 Å². The topological polar surface area (TPSA) is 88.0 Å². The first-order valence-electron chi connectivity index (χ1n) is 11.3. The number of hydrogen-bond acceptors (Lipinski definition) is 6. The summed E-state index contributed by atoms with van der Waals surface area (Å²) in [7, 11) is 1.88. The molecular formula is C24H31N5O4S. The quantitative estimate of drug-likeness (QED) is 0.510. The van der Waals surface area contributed by atoms with Crippen molar-refractivity contribution in [1.29, 1.82) is 0 Å². The van der Waals surface area contributed by atoms with E-state index >= 15 is 0 Å². The molecule has 0 N–H and O–H groups in total. The van der Waals surface area contributed by atoms with Crippen LogP contribution in [0.3, 0.4) is 0 Å². The molecule has 1 aliphatic rings. The second-order valence-corrected chi connectivity index (χ2v) is 10.5. The first kappa shape index (κ1) is 24.2. The molecule has 4 rings (SSSR count). The van der Waals surface area contributed by atoms with Crippen LogP contribution in [0.4, 0.5) is 0 Å². The lowest BCUT2D eigenvalue weighted by Crippen LogP contribution is -2.48. The predicted octanol–water partition coefficient (Wildman–Crippen LogP) is 2.18. The molecule has 0 saturated carbocycles. The Morgan fingerprint density at radius 1 is 1.06 bits per heavy atom. The van der Waals surface area contributed by atoms with Crippen molar-refractivity contribution in [2.45, 2.75) is 18.4 Å². The lowest BCUT2D eigenvalue weighted by molar-refractivity contribution is 0.0827. The van der Waals surface area contributed by atoms with Crippen molar-refractivity contribution in [3.63, 3.8) is 0 Å². The largest absolute Gasteiger partial charge is 0.494 e. The first-order valence-corrected chi connectivity index (χ1v) is 12.8. The Balaban J connectivity index is 1.42. The van der Waals surface area contributed by atoms with E-state index in [9.17, 15) is 13.2 Å². The highest BCUT2D eigenvalue weighted by Crippen LogP contribution is 2.22. The molecular weight excluding hydrogens is 454 g/mol. The molecule has 2 heterocycles. The molecule has 0 radical (unpaired) electrons. The van der Waals surface area contributed by atoms with Crippen LogP contribution in [0.15, 0.2) is 47.4 Å². The Labute approximate surface area is 200 Å². The number of aryl methyl sites for hydroxylation is 1. The Hall–Kier alpha value is -2.95. The van der Waals surface area contributed by atoms with Gasteiger partial charge >= 0.3 is 0 Å². The van der Waals surface area contributed by atoms with Gasteiger partial charge in [0.05, 0.1) is 29.1 Å². The lowest BCUT2D eigenvalue weighted by atomic mass is 10.2. The minimum absolute atomic E-state index is 0.0565. The summed E-state index contributed by atoms with van der Waals surface area (Å²) in [5.41, 5.74) is 2.35. The van der Waals surface area contributed by atoms with Crippen LogP contribution in [0.5, 0.6) is 5.75 Å². The summed E-state index contributed by atoms with van der Waals surface area (Å²) in [6.07, 6.45) is 0. The molecule has 0 atom stereocenters. The van der Waals surface area contributed by atoms with E-state index in [1.807, 2.05) is 36.7 Å². The molecule has 0 spiro atoms. The van der Waals surface area contributed by atoms with E-state index in [0.717, 1.165) is 16.9 Å². The van der Waals surface area contributed by atoms with Crippen molar-refractivity contribution in [2.24, 2.45) is 7.05 Å². The summed E-state index contributed by atoms with van der Waals surface area (Å²) in [5, 5.41) is 0. The van der Waals surface area contributed by atoms with Crippen LogP contribution in [-0.2, 0) is 23.6 Å². The van der Waals surface area contributed by atoms with E-state index in [0.29, 0.717) is 50.6 Å². The molecule has 3 aromatic rings. The zero-order chi connectivity index (χ0) is 24.5. The first-order chi connectivity index (χ1) is 16.2. The number of carbonyl (C=O) groups is 1. The number of hydrogen-bond donors (Lipinski definition) is 0. The van der Waals surface area contributed by atoms with Crippen LogP contribution < -0.4 is 4.74 Å². The third-order valence-electron chi connectivity index (χ3n) is 6.10. The minimum Gasteiger partial charge on any atom is -0.494 e. The molecule has 0 aliphatic carbocycles. The molecule has 182 valence electrons. The van der Waals surface area contributed by atoms with E-state index in [2.05, 4.69) is 4.90 Å². The second-order valence-electron chi connectivity index (χ2n) is 8.57. The molecule has 10 heteroatoms. The third kappa shape index (κ3) is 4.79. The smallest absolute Gasteiger partial charge is 0.253 e. The summed E-state index contributed by atoms with van der Waals surface area (Å²) in [4.78, 5) is 21.1. The summed E-state index contributed by atoms with van der Waals surface area (Å²) < 4.78 is 35.1. The standard InChI is InChI=1S/C24H31N5O4S/c1-5-33-19-7-9-20(10-8-19)34(31,32)29-14-12-28(13-15-29)17-23-25-21-16-18(24(30)26(2)3)6-11-22(21)27(23)4/h6-11,16H,5,12-15,17H2,1-4H3. The van der Waals surface area contributed by atoms with E-state index in [-0.39, 0.29) is 10.8 Å². The second kappa shape index (κ2) is 9.73. The van der Waals surface area contributed by atoms with Gasteiger partial charge in [0.25, 0.3) is 5.91 Å². The number of nitrogens with zero attached hydrogens (tertiary/aromatic N) is 5. The van der Waals surface area contributed by atoms with Crippen LogP contribution in [-0.4, -0.2) is 84.9 Å². The van der Waals surface area contributed by atoms with Gasteiger partial charge in [-0.2, -0.15) is 4.31 Å². The van der Waals surface area contributed by atoms with Gasteiger partial charge in [-0.05, 0) is 49.4 Å². The average Bonchev–Trinajstić information content (AvgIpc) is 3.13. The van der Waals surface area contributed by atoms with Gasteiger partial charge in [-0.25, -0.2) is 13.4 Å². The van der Waals surface area contributed by atoms with Crippen molar-refractivity contribution >= 4 is 27.0 Å². The SMILES string of the molecule is CCOc1ccc(S(=O)(=O)N2CCN(Cc3nc4cc(C(=O)N(C)C)ccc4n3C)CC2)cc1. The highest BCUT2D eigenvalue weighted by atomic mass is 32.2. The van der Waals surface area contributed by atoms with Gasteiger partial charge in [0.15, 0.2) is 0 Å². The molecule has 1 amide bonds. The number of fused-ring (bicyclic) bond motifs is 1. The summed E-state index contributed by atoms with van der Waals surface area (Å²) >= 11 is 0. The highest BCUT2D eigenvalue weighted by Gasteiger charge is 2.29. The van der Waals surface area contributed by atoms with Gasteiger partial charge in [-0.1, -0.05) is 0 Å². The Morgan fingerprint density at radius 3 is 2.35 bits per heavy atom. The average molecular weight is 486 g/mol. The summed E-state index contributed by atoms with van der Waals surface area (Å²) in [6.45, 7) is 5.10. The molecule has 0 unspecified atom stereocenters. The fourth-order valence-corrected chi connectivity index (χ4v) is 5.56. The number of amides is 1. The number of sulfonamides is 1. The minimum atomic E-state index is -3.54. The van der Waals surface area contributed by atoms with Gasteiger partial charge in [0, 0.05) is 52.9 Å². The number of ether oxygens (including phenoxy) is 1. The molecule has 1 fully saturated rings. The van der Waals surface area contributed by atoms with E-state index < -0.39 is 10.0 Å². The van der Waals surface area contributed by atoms with Crippen molar-refractivity contribution < 1.29 is 17.9 Å². The number of benzene rings is 2. The van der Waals surface area contributed by atoms with Gasteiger partial charge in [-0.15, -0.1) is 0 Å². The number of aromatic nitrogens is 2. The molecule has 2 aromatic carbocycles. The fraction of sp³-hybridized carbons (Fsp3) is 0.417. The zero-order valence-electron chi connectivity index (χ0n) is 20.1. The summed E-state index contributed by atoms with van der Waals surface area (Å²) in [5.74, 6) is 1.48. The number of piperazine rings is 1. The molecule has 0 bridgehead atoms. The maximum atomic E-state index is 13.0. The van der Waals surface area contributed by atoms with E-state index in [1.165, 1.54) is 4.31 Å². The highest BCUT2D eigenvalue weighted by molar-refractivity contribution is 7.89. The fourth-order valence-electron chi connectivity index (χ4n) is 4.13. The van der Waals surface area contributed by atoms with Gasteiger partial charge in [-0.3, -0.25) is 9.69 Å². The van der Waals surface area contributed by atoms with Gasteiger partial charge < -0.3 is 14.2 Å². The Morgan fingerprint density at radius 2 is 1.74 bits per heavy atom. The third-order valence-corrected chi connectivity index (χ3v) is 8.01. The lowest BCUT2D eigenvalue weighted by Gasteiger charge is -2.33. The van der Waals surface area contributed by atoms with Crippen LogP contribution in [0.1, 0.15) is 23.1 Å². The van der Waals surface area contributed by atoms with Crippen molar-refractivity contribution in [1.82, 2.24) is 23.7 Å². The summed E-state index contributed by atoms with van der Waals surface area (Å²) in [6, 6.07) is 12.1. The monoisotopic (exact) mass is 485 g/mol. The maximum Gasteiger partial charge on any atom is 0.253 e. The van der Waals surface area contributed by atoms with Crippen molar-refractivity contribution in [2.75, 3.05) is 46.9 Å². The maximum absolute atomic E-state index is 13.0. The van der Waals surface area contributed by atoms with Crippen LogP contribution in [0, 0.1) is 0 Å². The van der Waals surface area contributed by atoms with Crippen molar-refractivity contribution in [3.8, 4) is 5.75 Å². The number of imidazole rings is 1. The number of rotatable bonds is 7. The van der Waals surface area contributed by atoms with E-state index in [4.69, 9.17) is 9.72 Å². The normalized spacial score (nSPS) is 15.5. The zero-order valence-corrected chi connectivity index (χ0v) is 20.9. The van der Waals surface area contributed by atoms with Crippen LogP contribution >= 0.6 is 0 Å². The Bertz CT molecular complexity index is 1280. The Kier molecular flexibility index (Phi) is 6.92. The van der Waals surface area contributed by atoms with Gasteiger partial charge in [0.1, 0.15) is 11.6 Å². The molecule has 9 nitrogen and oxygen atoms in total. The van der Waals surface area contributed by atoms with Gasteiger partial charge in [0.2, 0.25) is 10.0 Å².